The maximum atomic E-state index is 4.51. The van der Waals surface area contributed by atoms with E-state index in [4.69, 9.17) is 0 Å². The van der Waals surface area contributed by atoms with Crippen molar-refractivity contribution in [2.75, 3.05) is 0 Å². The second-order valence-corrected chi connectivity index (χ2v) is 4.47. The number of hydrogen-bond donors (Lipinski definition) is 0. The molecule has 4 rings (SSSR count). The molecule has 0 atom stereocenters. The third kappa shape index (κ3) is 1.17. The summed E-state index contributed by atoms with van der Waals surface area (Å²) in [5.41, 5.74) is 2.50. The summed E-state index contributed by atoms with van der Waals surface area (Å²) in [4.78, 5) is 4.51. The highest BCUT2D eigenvalue weighted by Crippen LogP contribution is 2.36. The number of nitrogens with zero attached hydrogens (tertiary/aromatic N) is 1. The summed E-state index contributed by atoms with van der Waals surface area (Å²) in [6, 6.07) is 17.3. The van der Waals surface area contributed by atoms with Crippen molar-refractivity contribution in [3.05, 3.63) is 54.1 Å². The second-order valence-electron chi connectivity index (χ2n) is 4.47. The first kappa shape index (κ1) is 8.94. The van der Waals surface area contributed by atoms with Crippen LogP contribution in [0.15, 0.2) is 53.5 Å². The predicted octanol–water partition coefficient (Wildman–Crippen LogP) is 4.25. The van der Waals surface area contributed by atoms with E-state index in [1.165, 1.54) is 27.1 Å². The lowest BCUT2D eigenvalue weighted by molar-refractivity contribution is 1.44. The number of fused-ring (bicyclic) bond motifs is 5. The van der Waals surface area contributed by atoms with E-state index in [2.05, 4.69) is 53.5 Å². The average molecular weight is 217 g/mol. The average Bonchev–Trinajstić information content (AvgIpc) is 2.86. The highest BCUT2D eigenvalue weighted by molar-refractivity contribution is 6.12. The minimum absolute atomic E-state index is 0.970. The van der Waals surface area contributed by atoms with Crippen molar-refractivity contribution in [1.29, 1.82) is 0 Å². The van der Waals surface area contributed by atoms with Crippen molar-refractivity contribution >= 4 is 33.4 Å². The van der Waals surface area contributed by atoms with Gasteiger partial charge in [-0.2, -0.15) is 0 Å². The zero-order chi connectivity index (χ0) is 11.2. The Morgan fingerprint density at radius 3 is 2.65 bits per heavy atom. The van der Waals surface area contributed by atoms with Crippen molar-refractivity contribution in [2.24, 2.45) is 4.99 Å². The Hall–Kier alpha value is -2.15. The molecule has 0 N–H and O–H groups in total. The van der Waals surface area contributed by atoms with Gasteiger partial charge in [-0.1, -0.05) is 48.5 Å². The Kier molecular flexibility index (Phi) is 1.67. The Morgan fingerprint density at radius 1 is 0.765 bits per heavy atom. The lowest BCUT2D eigenvalue weighted by Crippen LogP contribution is -1.82. The number of benzene rings is 3. The van der Waals surface area contributed by atoms with E-state index in [1.807, 2.05) is 6.21 Å². The molecular weight excluding hydrogens is 206 g/mol. The fraction of sp³-hybridized carbons (Fsp3) is 0.0625. The lowest BCUT2D eigenvalue weighted by atomic mass is 9.98. The molecule has 0 bridgehead atoms. The van der Waals surface area contributed by atoms with Gasteiger partial charge in [-0.3, -0.25) is 4.99 Å². The van der Waals surface area contributed by atoms with Crippen LogP contribution in [0.5, 0.6) is 0 Å². The largest absolute Gasteiger partial charge is 0.260 e. The molecule has 0 fully saturated rings. The lowest BCUT2D eigenvalue weighted by Gasteiger charge is -2.07. The Morgan fingerprint density at radius 2 is 1.65 bits per heavy atom. The van der Waals surface area contributed by atoms with Crippen molar-refractivity contribution < 1.29 is 0 Å². The summed E-state index contributed by atoms with van der Waals surface area (Å²) < 4.78 is 0. The van der Waals surface area contributed by atoms with Gasteiger partial charge in [0.2, 0.25) is 0 Å². The summed E-state index contributed by atoms with van der Waals surface area (Å²) in [6.45, 7) is 0. The highest BCUT2D eigenvalue weighted by Gasteiger charge is 2.11. The quantitative estimate of drug-likeness (QED) is 0.499. The smallest absolute Gasteiger partial charge is 0.0740 e. The molecule has 0 radical (unpaired) electrons. The molecule has 1 aliphatic rings. The van der Waals surface area contributed by atoms with Crippen LogP contribution in [-0.2, 0) is 6.42 Å². The molecule has 80 valence electrons. The van der Waals surface area contributed by atoms with E-state index in [0.717, 1.165) is 12.1 Å². The molecule has 0 aromatic heterocycles. The van der Waals surface area contributed by atoms with Crippen LogP contribution in [-0.4, -0.2) is 6.21 Å². The van der Waals surface area contributed by atoms with E-state index in [-0.39, 0.29) is 0 Å². The molecule has 0 saturated heterocycles. The van der Waals surface area contributed by atoms with E-state index >= 15 is 0 Å². The maximum absolute atomic E-state index is 4.51. The Bertz CT molecular complexity index is 769. The third-order valence-electron chi connectivity index (χ3n) is 3.51. The molecule has 0 amide bonds. The van der Waals surface area contributed by atoms with Crippen molar-refractivity contribution in [1.82, 2.24) is 0 Å². The standard InChI is InChI=1S/C16H11N/c1-2-4-13-11(3-1)5-8-15-14(13)7-6-12-9-10-17-16(12)15/h1-8,10H,9H2. The van der Waals surface area contributed by atoms with Crippen LogP contribution >= 0.6 is 0 Å². The van der Waals surface area contributed by atoms with Crippen molar-refractivity contribution in [3.63, 3.8) is 0 Å². The van der Waals surface area contributed by atoms with Crippen molar-refractivity contribution in [2.45, 2.75) is 6.42 Å². The van der Waals surface area contributed by atoms with E-state index in [1.54, 1.807) is 0 Å². The molecule has 0 spiro atoms. The summed E-state index contributed by atoms with van der Waals surface area (Å²) in [5, 5.41) is 5.19. The van der Waals surface area contributed by atoms with Crippen LogP contribution in [0.2, 0.25) is 0 Å². The van der Waals surface area contributed by atoms with Crippen LogP contribution in [0.1, 0.15) is 5.56 Å². The van der Waals surface area contributed by atoms with Gasteiger partial charge < -0.3 is 0 Å². The first-order valence-corrected chi connectivity index (χ1v) is 5.89. The summed E-state index contributed by atoms with van der Waals surface area (Å²) in [7, 11) is 0. The van der Waals surface area contributed by atoms with Gasteiger partial charge in [0.05, 0.1) is 5.69 Å². The van der Waals surface area contributed by atoms with Gasteiger partial charge in [-0.05, 0) is 21.7 Å². The molecule has 3 aromatic carbocycles. The van der Waals surface area contributed by atoms with Gasteiger partial charge in [0.1, 0.15) is 0 Å². The molecule has 3 aromatic rings. The fourth-order valence-electron chi connectivity index (χ4n) is 2.67. The molecule has 0 aliphatic carbocycles. The zero-order valence-corrected chi connectivity index (χ0v) is 9.35. The van der Waals surface area contributed by atoms with E-state index in [9.17, 15) is 0 Å². The summed E-state index contributed by atoms with van der Waals surface area (Å²) in [5.74, 6) is 0. The van der Waals surface area contributed by atoms with Gasteiger partial charge in [-0.25, -0.2) is 0 Å². The van der Waals surface area contributed by atoms with E-state index < -0.39 is 0 Å². The van der Waals surface area contributed by atoms with Gasteiger partial charge in [0.15, 0.2) is 0 Å². The molecule has 1 heteroatoms. The molecule has 1 nitrogen and oxygen atoms in total. The van der Waals surface area contributed by atoms with Crippen LogP contribution in [0, 0.1) is 0 Å². The maximum Gasteiger partial charge on any atom is 0.0740 e. The molecule has 1 heterocycles. The van der Waals surface area contributed by atoms with Crippen LogP contribution in [0.4, 0.5) is 5.69 Å². The van der Waals surface area contributed by atoms with Crippen LogP contribution in [0.3, 0.4) is 0 Å². The summed E-state index contributed by atoms with van der Waals surface area (Å²) in [6.07, 6.45) is 2.97. The molecule has 0 unspecified atom stereocenters. The van der Waals surface area contributed by atoms with Crippen LogP contribution < -0.4 is 0 Å². The van der Waals surface area contributed by atoms with Crippen LogP contribution in [0.25, 0.3) is 21.5 Å². The molecular formula is C16H11N. The highest BCUT2D eigenvalue weighted by atomic mass is 14.7. The Balaban J connectivity index is 2.25. The Labute approximate surface area is 99.4 Å². The van der Waals surface area contributed by atoms with Gasteiger partial charge in [0.25, 0.3) is 0 Å². The molecule has 17 heavy (non-hydrogen) atoms. The normalized spacial score (nSPS) is 13.4. The predicted molar refractivity (Wildman–Crippen MR) is 73.3 cm³/mol. The summed E-state index contributed by atoms with van der Waals surface area (Å²) >= 11 is 0. The van der Waals surface area contributed by atoms with Crippen molar-refractivity contribution in [3.8, 4) is 0 Å². The first-order chi connectivity index (χ1) is 8.43. The second kappa shape index (κ2) is 3.17. The van der Waals surface area contributed by atoms with E-state index in [0.29, 0.717) is 0 Å². The fourth-order valence-corrected chi connectivity index (χ4v) is 2.67. The number of rotatable bonds is 0. The van der Waals surface area contributed by atoms with Gasteiger partial charge in [-0.15, -0.1) is 0 Å². The van der Waals surface area contributed by atoms with Gasteiger partial charge >= 0.3 is 0 Å². The minimum atomic E-state index is 0.970. The SMILES string of the molecule is C1=Nc2c(ccc3c2ccc2ccccc23)C1. The topological polar surface area (TPSA) is 12.4 Å². The number of aliphatic imine (C=N–C) groups is 1. The monoisotopic (exact) mass is 217 g/mol. The molecule has 1 aliphatic heterocycles. The zero-order valence-electron chi connectivity index (χ0n) is 9.35. The van der Waals surface area contributed by atoms with Gasteiger partial charge in [0, 0.05) is 18.0 Å². The third-order valence-corrected chi connectivity index (χ3v) is 3.51. The molecule has 0 saturated carbocycles. The minimum Gasteiger partial charge on any atom is -0.260 e. The number of hydrogen-bond acceptors (Lipinski definition) is 1. The first-order valence-electron chi connectivity index (χ1n) is 5.89.